The molecule has 0 saturated carbocycles. The van der Waals surface area contributed by atoms with E-state index >= 15 is 0 Å². The number of anilines is 1. The van der Waals surface area contributed by atoms with Crippen LogP contribution in [0.15, 0.2) is 18.2 Å². The van der Waals surface area contributed by atoms with Crippen molar-refractivity contribution in [3.05, 3.63) is 32.5 Å². The summed E-state index contributed by atoms with van der Waals surface area (Å²) in [6.45, 7) is 4.29. The molecule has 4 nitrogen and oxygen atoms in total. The molecule has 2 rings (SSSR count). The standard InChI is InChI=1S/C15H17ClIN3O/c1-8(2)7-10-13(17)14(18)20-15(19-10)12-9(16)5-4-6-11(12)21-3/h4-6,8H,7H2,1-3H3,(H2,18,19,20). The van der Waals surface area contributed by atoms with Gasteiger partial charge in [-0.15, -0.1) is 0 Å². The van der Waals surface area contributed by atoms with Crippen LogP contribution < -0.4 is 10.5 Å². The summed E-state index contributed by atoms with van der Waals surface area (Å²) >= 11 is 8.48. The molecule has 0 saturated heterocycles. The first kappa shape index (κ1) is 16.3. The van der Waals surface area contributed by atoms with E-state index in [0.717, 1.165) is 15.7 Å². The van der Waals surface area contributed by atoms with Crippen LogP contribution in [-0.4, -0.2) is 17.1 Å². The van der Waals surface area contributed by atoms with Crippen LogP contribution in [-0.2, 0) is 6.42 Å². The molecule has 0 unspecified atom stereocenters. The van der Waals surface area contributed by atoms with Crippen molar-refractivity contribution in [2.75, 3.05) is 12.8 Å². The summed E-state index contributed by atoms with van der Waals surface area (Å²) in [6.07, 6.45) is 0.838. The molecule has 21 heavy (non-hydrogen) atoms. The highest BCUT2D eigenvalue weighted by Gasteiger charge is 2.17. The fourth-order valence-corrected chi connectivity index (χ4v) is 2.75. The Kier molecular flexibility index (Phi) is 5.27. The number of halogens is 2. The quantitative estimate of drug-likeness (QED) is 0.758. The van der Waals surface area contributed by atoms with Crippen LogP contribution >= 0.6 is 34.2 Å². The van der Waals surface area contributed by atoms with Crippen LogP contribution in [0.4, 0.5) is 5.82 Å². The Morgan fingerprint density at radius 2 is 2.05 bits per heavy atom. The summed E-state index contributed by atoms with van der Waals surface area (Å²) in [5.41, 5.74) is 7.65. The van der Waals surface area contributed by atoms with Gasteiger partial charge < -0.3 is 10.5 Å². The minimum Gasteiger partial charge on any atom is -0.496 e. The zero-order chi connectivity index (χ0) is 15.6. The van der Waals surface area contributed by atoms with E-state index in [1.165, 1.54) is 0 Å². The van der Waals surface area contributed by atoms with Gasteiger partial charge in [0.25, 0.3) is 0 Å². The molecule has 6 heteroatoms. The molecule has 0 bridgehead atoms. The summed E-state index contributed by atoms with van der Waals surface area (Å²) in [4.78, 5) is 9.02. The predicted octanol–water partition coefficient (Wildman–Crippen LogP) is 4.19. The van der Waals surface area contributed by atoms with Crippen molar-refractivity contribution in [2.45, 2.75) is 20.3 Å². The second-order valence-corrected chi connectivity index (χ2v) is 6.59. The van der Waals surface area contributed by atoms with Gasteiger partial charge in [0.1, 0.15) is 11.6 Å². The highest BCUT2D eigenvalue weighted by Crippen LogP contribution is 2.35. The fraction of sp³-hybridized carbons (Fsp3) is 0.333. The summed E-state index contributed by atoms with van der Waals surface area (Å²) < 4.78 is 6.26. The van der Waals surface area contributed by atoms with Gasteiger partial charge in [-0.05, 0) is 47.1 Å². The van der Waals surface area contributed by atoms with Gasteiger partial charge >= 0.3 is 0 Å². The van der Waals surface area contributed by atoms with Crippen LogP contribution in [0.1, 0.15) is 19.5 Å². The Morgan fingerprint density at radius 1 is 1.33 bits per heavy atom. The summed E-state index contributed by atoms with van der Waals surface area (Å²) in [7, 11) is 1.60. The summed E-state index contributed by atoms with van der Waals surface area (Å²) in [6, 6.07) is 5.45. The predicted molar refractivity (Wildman–Crippen MR) is 94.7 cm³/mol. The number of nitrogen functional groups attached to an aromatic ring is 1. The lowest BCUT2D eigenvalue weighted by atomic mass is 10.1. The lowest BCUT2D eigenvalue weighted by Gasteiger charge is -2.13. The van der Waals surface area contributed by atoms with Crippen molar-refractivity contribution in [1.29, 1.82) is 0 Å². The average Bonchev–Trinajstić information content (AvgIpc) is 2.42. The van der Waals surface area contributed by atoms with E-state index in [-0.39, 0.29) is 0 Å². The number of methoxy groups -OCH3 is 1. The van der Waals surface area contributed by atoms with E-state index in [0.29, 0.717) is 33.9 Å². The van der Waals surface area contributed by atoms with Crippen LogP contribution in [0.2, 0.25) is 5.02 Å². The number of hydrogen-bond acceptors (Lipinski definition) is 4. The number of nitrogens with zero attached hydrogens (tertiary/aromatic N) is 2. The lowest BCUT2D eigenvalue weighted by Crippen LogP contribution is -2.08. The van der Waals surface area contributed by atoms with Crippen molar-refractivity contribution < 1.29 is 4.74 Å². The minimum atomic E-state index is 0.471. The first-order valence-electron chi connectivity index (χ1n) is 6.58. The van der Waals surface area contributed by atoms with Crippen molar-refractivity contribution in [1.82, 2.24) is 9.97 Å². The topological polar surface area (TPSA) is 61.0 Å². The zero-order valence-electron chi connectivity index (χ0n) is 12.2. The summed E-state index contributed by atoms with van der Waals surface area (Å²) in [5, 5.41) is 0.547. The van der Waals surface area contributed by atoms with Crippen molar-refractivity contribution >= 4 is 40.0 Å². The third kappa shape index (κ3) is 3.58. The number of ether oxygens (including phenoxy) is 1. The highest BCUT2D eigenvalue weighted by atomic mass is 127. The first-order valence-corrected chi connectivity index (χ1v) is 8.04. The second-order valence-electron chi connectivity index (χ2n) is 5.11. The molecule has 0 aliphatic rings. The van der Waals surface area contributed by atoms with E-state index in [4.69, 9.17) is 22.1 Å². The van der Waals surface area contributed by atoms with Gasteiger partial charge in [-0.3, -0.25) is 0 Å². The third-order valence-electron chi connectivity index (χ3n) is 2.97. The molecular formula is C15H17ClIN3O. The van der Waals surface area contributed by atoms with E-state index in [2.05, 4.69) is 46.4 Å². The molecule has 0 fully saturated rings. The molecule has 2 aromatic rings. The van der Waals surface area contributed by atoms with Crippen molar-refractivity contribution in [2.24, 2.45) is 5.92 Å². The lowest BCUT2D eigenvalue weighted by molar-refractivity contribution is 0.416. The second kappa shape index (κ2) is 6.79. The largest absolute Gasteiger partial charge is 0.496 e. The fourth-order valence-electron chi connectivity index (χ4n) is 2.04. The molecule has 0 atom stereocenters. The van der Waals surface area contributed by atoms with Crippen LogP contribution in [0, 0.1) is 9.49 Å². The molecule has 0 amide bonds. The van der Waals surface area contributed by atoms with Gasteiger partial charge in [-0.2, -0.15) is 0 Å². The van der Waals surface area contributed by atoms with Gasteiger partial charge in [0, 0.05) is 0 Å². The molecule has 1 heterocycles. The molecule has 1 aromatic heterocycles. The van der Waals surface area contributed by atoms with Gasteiger partial charge in [0.05, 0.1) is 27.0 Å². The molecule has 0 aliphatic carbocycles. The maximum atomic E-state index is 6.29. The average molecular weight is 418 g/mol. The molecule has 112 valence electrons. The zero-order valence-corrected chi connectivity index (χ0v) is 15.1. The molecule has 0 spiro atoms. The minimum absolute atomic E-state index is 0.471. The van der Waals surface area contributed by atoms with E-state index in [1.54, 1.807) is 13.2 Å². The molecule has 0 aliphatic heterocycles. The molecule has 0 radical (unpaired) electrons. The third-order valence-corrected chi connectivity index (χ3v) is 4.46. The van der Waals surface area contributed by atoms with Gasteiger partial charge in [0.15, 0.2) is 5.82 Å². The van der Waals surface area contributed by atoms with E-state index < -0.39 is 0 Å². The highest BCUT2D eigenvalue weighted by molar-refractivity contribution is 14.1. The number of aromatic nitrogens is 2. The van der Waals surface area contributed by atoms with Crippen LogP contribution in [0.25, 0.3) is 11.4 Å². The maximum absolute atomic E-state index is 6.29. The van der Waals surface area contributed by atoms with Gasteiger partial charge in [0.2, 0.25) is 0 Å². The van der Waals surface area contributed by atoms with Gasteiger partial charge in [-0.1, -0.05) is 31.5 Å². The van der Waals surface area contributed by atoms with Gasteiger partial charge in [-0.25, -0.2) is 9.97 Å². The Bertz CT molecular complexity index is 662. The normalized spacial score (nSPS) is 11.0. The van der Waals surface area contributed by atoms with Crippen molar-refractivity contribution in [3.63, 3.8) is 0 Å². The Hall–Kier alpha value is -1.08. The smallest absolute Gasteiger partial charge is 0.167 e. The first-order chi connectivity index (χ1) is 9.93. The maximum Gasteiger partial charge on any atom is 0.167 e. The van der Waals surface area contributed by atoms with E-state index in [1.807, 2.05) is 12.1 Å². The Balaban J connectivity index is 2.62. The number of rotatable bonds is 4. The van der Waals surface area contributed by atoms with E-state index in [9.17, 15) is 0 Å². The molecule has 2 N–H and O–H groups in total. The SMILES string of the molecule is COc1cccc(Cl)c1-c1nc(N)c(I)c(CC(C)C)n1. The monoisotopic (exact) mass is 417 g/mol. The van der Waals surface area contributed by atoms with Crippen molar-refractivity contribution in [3.8, 4) is 17.1 Å². The van der Waals surface area contributed by atoms with Crippen LogP contribution in [0.3, 0.4) is 0 Å². The number of benzene rings is 1. The number of hydrogen-bond donors (Lipinski definition) is 1. The Labute approximate surface area is 143 Å². The number of nitrogens with two attached hydrogens (primary N) is 1. The molecule has 1 aromatic carbocycles. The summed E-state index contributed by atoms with van der Waals surface area (Å²) in [5.74, 6) is 2.09. The molecular weight excluding hydrogens is 401 g/mol. The Morgan fingerprint density at radius 3 is 2.67 bits per heavy atom. The van der Waals surface area contributed by atoms with Crippen LogP contribution in [0.5, 0.6) is 5.75 Å².